The van der Waals surface area contributed by atoms with E-state index in [-0.39, 0.29) is 0 Å². The second-order valence-electron chi connectivity index (χ2n) is 7.64. The van der Waals surface area contributed by atoms with Gasteiger partial charge >= 0.3 is 0 Å². The van der Waals surface area contributed by atoms with Crippen LogP contribution in [0.15, 0.2) is 0 Å². The summed E-state index contributed by atoms with van der Waals surface area (Å²) in [5, 5.41) is 3.87. The lowest BCUT2D eigenvalue weighted by Gasteiger charge is -2.47. The fourth-order valence-corrected chi connectivity index (χ4v) is 4.85. The maximum Gasteiger partial charge on any atom is 0.0309 e. The zero-order valence-electron chi connectivity index (χ0n) is 12.8. The van der Waals surface area contributed by atoms with Gasteiger partial charge in [-0.1, -0.05) is 39.0 Å². The first-order chi connectivity index (χ1) is 9.26. The Morgan fingerprint density at radius 3 is 2.74 bits per heavy atom. The van der Waals surface area contributed by atoms with Gasteiger partial charge in [-0.25, -0.2) is 0 Å². The largest absolute Gasteiger partial charge is 0.309 e. The number of nitrogens with one attached hydrogen (secondary N) is 1. The van der Waals surface area contributed by atoms with Crippen LogP contribution >= 0.6 is 0 Å². The predicted molar refractivity (Wildman–Crippen MR) is 81.4 cm³/mol. The first-order valence-corrected chi connectivity index (χ1v) is 8.73. The van der Waals surface area contributed by atoms with E-state index in [0.717, 1.165) is 11.8 Å². The van der Waals surface area contributed by atoms with Crippen molar-refractivity contribution in [2.45, 2.75) is 70.3 Å². The van der Waals surface area contributed by atoms with Crippen molar-refractivity contribution < 1.29 is 0 Å². The highest BCUT2D eigenvalue weighted by molar-refractivity contribution is 4.97. The number of hydrogen-bond acceptors (Lipinski definition) is 2. The van der Waals surface area contributed by atoms with Gasteiger partial charge < -0.3 is 5.32 Å². The molecule has 2 nitrogen and oxygen atoms in total. The molecule has 3 aliphatic rings. The monoisotopic (exact) mass is 264 g/mol. The van der Waals surface area contributed by atoms with Crippen LogP contribution in [-0.2, 0) is 0 Å². The van der Waals surface area contributed by atoms with Crippen molar-refractivity contribution in [3.05, 3.63) is 0 Å². The van der Waals surface area contributed by atoms with Crippen molar-refractivity contribution in [1.82, 2.24) is 10.2 Å². The normalized spacial score (nSPS) is 36.5. The summed E-state index contributed by atoms with van der Waals surface area (Å²) in [6, 6.07) is 0. The molecule has 1 saturated heterocycles. The Kier molecular flexibility index (Phi) is 4.48. The van der Waals surface area contributed by atoms with Crippen molar-refractivity contribution in [1.29, 1.82) is 0 Å². The zero-order valence-corrected chi connectivity index (χ0v) is 12.8. The molecule has 1 aliphatic heterocycles. The molecule has 2 saturated carbocycles. The first-order valence-electron chi connectivity index (χ1n) is 8.73. The van der Waals surface area contributed by atoms with E-state index >= 15 is 0 Å². The minimum absolute atomic E-state index is 0.497. The SMILES string of the molecule is CC1CCCC(CN2CCNC3(CCCCC3)C2)C1. The van der Waals surface area contributed by atoms with E-state index in [4.69, 9.17) is 0 Å². The van der Waals surface area contributed by atoms with Crippen LogP contribution < -0.4 is 5.32 Å². The molecule has 0 amide bonds. The Morgan fingerprint density at radius 1 is 1.11 bits per heavy atom. The van der Waals surface area contributed by atoms with E-state index in [0.29, 0.717) is 5.54 Å². The molecule has 3 rings (SSSR count). The molecule has 1 N–H and O–H groups in total. The third kappa shape index (κ3) is 3.52. The lowest BCUT2D eigenvalue weighted by Crippen LogP contribution is -2.61. The van der Waals surface area contributed by atoms with Gasteiger partial charge in [-0.2, -0.15) is 0 Å². The molecule has 0 radical (unpaired) electrons. The summed E-state index contributed by atoms with van der Waals surface area (Å²) in [5.41, 5.74) is 0.497. The summed E-state index contributed by atoms with van der Waals surface area (Å²) in [5.74, 6) is 1.97. The molecule has 0 aromatic carbocycles. The van der Waals surface area contributed by atoms with Gasteiger partial charge in [0.2, 0.25) is 0 Å². The maximum absolute atomic E-state index is 3.87. The van der Waals surface area contributed by atoms with Crippen molar-refractivity contribution in [3.8, 4) is 0 Å². The van der Waals surface area contributed by atoms with Gasteiger partial charge in [0.05, 0.1) is 0 Å². The lowest BCUT2D eigenvalue weighted by atomic mass is 9.79. The summed E-state index contributed by atoms with van der Waals surface area (Å²) in [4.78, 5) is 2.80. The second kappa shape index (κ2) is 6.13. The smallest absolute Gasteiger partial charge is 0.0309 e. The minimum atomic E-state index is 0.497. The summed E-state index contributed by atoms with van der Waals surface area (Å²) >= 11 is 0. The molecule has 2 unspecified atom stereocenters. The van der Waals surface area contributed by atoms with Crippen LogP contribution in [-0.4, -0.2) is 36.6 Å². The van der Waals surface area contributed by atoms with Gasteiger partial charge in [0.25, 0.3) is 0 Å². The van der Waals surface area contributed by atoms with Crippen molar-refractivity contribution in [2.24, 2.45) is 11.8 Å². The zero-order chi connectivity index (χ0) is 13.1. The standard InChI is InChI=1S/C17H32N2/c1-15-6-5-7-16(12-15)13-19-11-10-18-17(14-19)8-3-2-4-9-17/h15-16,18H,2-14H2,1H3. The molecule has 110 valence electrons. The van der Waals surface area contributed by atoms with Crippen LogP contribution in [0.25, 0.3) is 0 Å². The topological polar surface area (TPSA) is 15.3 Å². The average Bonchev–Trinajstić information content (AvgIpc) is 2.40. The molecule has 19 heavy (non-hydrogen) atoms. The van der Waals surface area contributed by atoms with Crippen molar-refractivity contribution in [2.75, 3.05) is 26.2 Å². The third-order valence-corrected chi connectivity index (χ3v) is 5.83. The number of piperazine rings is 1. The summed E-state index contributed by atoms with van der Waals surface area (Å²) in [6.45, 7) is 7.67. The van der Waals surface area contributed by atoms with Crippen molar-refractivity contribution in [3.63, 3.8) is 0 Å². The van der Waals surface area contributed by atoms with E-state index in [1.54, 1.807) is 0 Å². The Bertz CT molecular complexity index is 277. The summed E-state index contributed by atoms with van der Waals surface area (Å²) in [7, 11) is 0. The quantitative estimate of drug-likeness (QED) is 0.822. The Labute approximate surface area is 119 Å². The Morgan fingerprint density at radius 2 is 1.95 bits per heavy atom. The third-order valence-electron chi connectivity index (χ3n) is 5.83. The Hall–Kier alpha value is -0.0800. The van der Waals surface area contributed by atoms with E-state index in [9.17, 15) is 0 Å². The van der Waals surface area contributed by atoms with Crippen LogP contribution in [0.4, 0.5) is 0 Å². The highest BCUT2D eigenvalue weighted by Gasteiger charge is 2.36. The fourth-order valence-electron chi connectivity index (χ4n) is 4.85. The maximum atomic E-state index is 3.87. The Balaban J connectivity index is 1.53. The van der Waals surface area contributed by atoms with Gasteiger partial charge in [-0.05, 0) is 37.5 Å². The molecule has 2 atom stereocenters. The fraction of sp³-hybridized carbons (Fsp3) is 1.00. The van der Waals surface area contributed by atoms with Crippen molar-refractivity contribution >= 4 is 0 Å². The highest BCUT2D eigenvalue weighted by atomic mass is 15.2. The van der Waals surface area contributed by atoms with Gasteiger partial charge in [0, 0.05) is 31.7 Å². The minimum Gasteiger partial charge on any atom is -0.309 e. The molecule has 1 spiro atoms. The molecular weight excluding hydrogens is 232 g/mol. The number of hydrogen-bond donors (Lipinski definition) is 1. The predicted octanol–water partition coefficient (Wildman–Crippen LogP) is 3.42. The second-order valence-corrected chi connectivity index (χ2v) is 7.64. The van der Waals surface area contributed by atoms with E-state index in [1.165, 1.54) is 84.0 Å². The van der Waals surface area contributed by atoms with E-state index in [2.05, 4.69) is 17.1 Å². The van der Waals surface area contributed by atoms with Crippen LogP contribution in [0.1, 0.15) is 64.7 Å². The van der Waals surface area contributed by atoms with Gasteiger partial charge in [0.15, 0.2) is 0 Å². The summed E-state index contributed by atoms with van der Waals surface area (Å²) < 4.78 is 0. The van der Waals surface area contributed by atoms with Gasteiger partial charge in [-0.15, -0.1) is 0 Å². The van der Waals surface area contributed by atoms with Crippen LogP contribution in [0.5, 0.6) is 0 Å². The van der Waals surface area contributed by atoms with Crippen LogP contribution in [0.2, 0.25) is 0 Å². The molecule has 3 fully saturated rings. The summed E-state index contributed by atoms with van der Waals surface area (Å²) in [6.07, 6.45) is 13.1. The molecule has 2 heteroatoms. The highest BCUT2D eigenvalue weighted by Crippen LogP contribution is 2.33. The molecule has 2 aliphatic carbocycles. The molecule has 1 heterocycles. The first kappa shape index (κ1) is 13.9. The van der Waals surface area contributed by atoms with Gasteiger partial charge in [0.1, 0.15) is 0 Å². The molecule has 0 aromatic heterocycles. The lowest BCUT2D eigenvalue weighted by molar-refractivity contribution is 0.0775. The van der Waals surface area contributed by atoms with Gasteiger partial charge in [-0.3, -0.25) is 4.90 Å². The number of nitrogens with zero attached hydrogens (tertiary/aromatic N) is 1. The van der Waals surface area contributed by atoms with Crippen LogP contribution in [0.3, 0.4) is 0 Å². The van der Waals surface area contributed by atoms with E-state index < -0.39 is 0 Å². The molecule has 0 bridgehead atoms. The average molecular weight is 264 g/mol. The molecule has 0 aromatic rings. The van der Waals surface area contributed by atoms with E-state index in [1.807, 2.05) is 0 Å². The number of rotatable bonds is 2. The van der Waals surface area contributed by atoms with Crippen LogP contribution in [0, 0.1) is 11.8 Å². The molecular formula is C17H32N2.